The Balaban J connectivity index is 1.63. The predicted molar refractivity (Wildman–Crippen MR) is 134 cm³/mol. The summed E-state index contributed by atoms with van der Waals surface area (Å²) >= 11 is 5.85. The van der Waals surface area contributed by atoms with Gasteiger partial charge in [0.25, 0.3) is 5.91 Å². The van der Waals surface area contributed by atoms with Crippen LogP contribution in [-0.2, 0) is 12.0 Å². The molecule has 3 aromatic rings. The third-order valence-electron chi connectivity index (χ3n) is 5.28. The number of nitrogens with one attached hydrogen (secondary N) is 1. The Morgan fingerprint density at radius 3 is 2.27 bits per heavy atom. The number of amides is 1. The number of hydrogen-bond acceptors (Lipinski definition) is 4. The van der Waals surface area contributed by atoms with Gasteiger partial charge in [-0.25, -0.2) is 5.43 Å². The monoisotopic (exact) mass is 464 g/mol. The standard InChI is InChI=1S/C27H29ClN2O3/c1-17-12-20(15-29-30-26(32)21-8-11-24(31)23(28)14-21)13-18(2)25(17)33-16-19-6-9-22(10-7-19)27(3,4)5/h6-15,31H,16H2,1-5H3,(H,30,32)/b29-15+. The fourth-order valence-corrected chi connectivity index (χ4v) is 3.60. The minimum atomic E-state index is -0.418. The lowest BCUT2D eigenvalue weighted by molar-refractivity contribution is 0.0955. The molecule has 2 N–H and O–H groups in total. The third-order valence-corrected chi connectivity index (χ3v) is 5.58. The zero-order chi connectivity index (χ0) is 24.2. The lowest BCUT2D eigenvalue weighted by Crippen LogP contribution is -2.17. The van der Waals surface area contributed by atoms with Crippen molar-refractivity contribution in [2.45, 2.75) is 46.6 Å². The molecule has 0 aliphatic heterocycles. The number of hydrogen-bond donors (Lipinski definition) is 2. The van der Waals surface area contributed by atoms with E-state index < -0.39 is 5.91 Å². The average Bonchev–Trinajstić information content (AvgIpc) is 2.74. The van der Waals surface area contributed by atoms with Crippen molar-refractivity contribution in [2.75, 3.05) is 0 Å². The number of phenolic OH excluding ortho intramolecular Hbond substituents is 1. The van der Waals surface area contributed by atoms with Crippen LogP contribution in [0.2, 0.25) is 5.02 Å². The van der Waals surface area contributed by atoms with Crippen LogP contribution in [-0.4, -0.2) is 17.2 Å². The molecule has 1 amide bonds. The Hall–Kier alpha value is -3.31. The highest BCUT2D eigenvalue weighted by Gasteiger charge is 2.13. The highest BCUT2D eigenvalue weighted by Crippen LogP contribution is 2.27. The van der Waals surface area contributed by atoms with E-state index in [9.17, 15) is 9.90 Å². The van der Waals surface area contributed by atoms with Gasteiger partial charge >= 0.3 is 0 Å². The van der Waals surface area contributed by atoms with E-state index in [0.29, 0.717) is 12.2 Å². The van der Waals surface area contributed by atoms with Crippen molar-refractivity contribution in [3.63, 3.8) is 0 Å². The first-order chi connectivity index (χ1) is 15.5. The van der Waals surface area contributed by atoms with E-state index >= 15 is 0 Å². The highest BCUT2D eigenvalue weighted by atomic mass is 35.5. The average molecular weight is 465 g/mol. The number of benzene rings is 3. The molecular formula is C27H29ClN2O3. The zero-order valence-electron chi connectivity index (χ0n) is 19.6. The molecule has 0 saturated heterocycles. The molecule has 6 heteroatoms. The van der Waals surface area contributed by atoms with Crippen molar-refractivity contribution in [1.29, 1.82) is 0 Å². The molecule has 0 saturated carbocycles. The molecule has 0 aliphatic carbocycles. The van der Waals surface area contributed by atoms with Crippen molar-refractivity contribution in [3.05, 3.63) is 93.0 Å². The van der Waals surface area contributed by atoms with Gasteiger partial charge < -0.3 is 9.84 Å². The molecule has 3 aromatic carbocycles. The second-order valence-electron chi connectivity index (χ2n) is 9.08. The first-order valence-corrected chi connectivity index (χ1v) is 11.1. The number of ether oxygens (including phenoxy) is 1. The summed E-state index contributed by atoms with van der Waals surface area (Å²) in [6.07, 6.45) is 1.58. The van der Waals surface area contributed by atoms with Crippen molar-refractivity contribution >= 4 is 23.7 Å². The normalized spacial score (nSPS) is 11.6. The predicted octanol–water partition coefficient (Wildman–Crippen LogP) is 6.30. The molecule has 0 unspecified atom stereocenters. The molecule has 0 bridgehead atoms. The van der Waals surface area contributed by atoms with Crippen LogP contribution < -0.4 is 10.2 Å². The number of halogens is 1. The van der Waals surface area contributed by atoms with Gasteiger partial charge in [0.2, 0.25) is 0 Å². The quantitative estimate of drug-likeness (QED) is 0.332. The van der Waals surface area contributed by atoms with E-state index in [4.69, 9.17) is 16.3 Å². The van der Waals surface area contributed by atoms with E-state index in [1.165, 1.54) is 23.8 Å². The largest absolute Gasteiger partial charge is 0.506 e. The second kappa shape index (κ2) is 10.1. The molecule has 0 fully saturated rings. The van der Waals surface area contributed by atoms with Crippen molar-refractivity contribution in [1.82, 2.24) is 5.43 Å². The van der Waals surface area contributed by atoms with Crippen LogP contribution in [0.1, 0.15) is 58.9 Å². The molecule has 0 heterocycles. The minimum Gasteiger partial charge on any atom is -0.506 e. The number of carbonyl (C=O) groups is 1. The summed E-state index contributed by atoms with van der Waals surface area (Å²) in [7, 11) is 0. The Morgan fingerprint density at radius 1 is 1.06 bits per heavy atom. The van der Waals surface area contributed by atoms with Gasteiger partial charge in [-0.1, -0.05) is 56.6 Å². The number of nitrogens with zero attached hydrogens (tertiary/aromatic N) is 1. The summed E-state index contributed by atoms with van der Waals surface area (Å²) in [6, 6.07) is 16.7. The number of rotatable bonds is 6. The van der Waals surface area contributed by atoms with Crippen LogP contribution in [0.5, 0.6) is 11.5 Å². The van der Waals surface area contributed by atoms with Gasteiger partial charge in [-0.05, 0) is 77.4 Å². The molecule has 5 nitrogen and oxygen atoms in total. The minimum absolute atomic E-state index is 0.0769. The second-order valence-corrected chi connectivity index (χ2v) is 9.49. The Bertz CT molecular complexity index is 1160. The number of phenols is 1. The molecule has 0 spiro atoms. The van der Waals surface area contributed by atoms with Crippen molar-refractivity contribution < 1.29 is 14.6 Å². The Morgan fingerprint density at radius 2 is 1.70 bits per heavy atom. The number of aromatic hydroxyl groups is 1. The number of hydrazone groups is 1. The maximum atomic E-state index is 12.2. The molecule has 0 radical (unpaired) electrons. The zero-order valence-corrected chi connectivity index (χ0v) is 20.3. The Kier molecular flexibility index (Phi) is 7.44. The molecular weight excluding hydrogens is 436 g/mol. The third kappa shape index (κ3) is 6.36. The summed E-state index contributed by atoms with van der Waals surface area (Å²) in [5, 5.41) is 13.6. The van der Waals surface area contributed by atoms with E-state index in [0.717, 1.165) is 28.0 Å². The maximum Gasteiger partial charge on any atom is 0.271 e. The van der Waals surface area contributed by atoms with Gasteiger partial charge in [-0.2, -0.15) is 5.10 Å². The van der Waals surface area contributed by atoms with E-state index in [2.05, 4.69) is 55.6 Å². The van der Waals surface area contributed by atoms with Crippen molar-refractivity contribution in [3.8, 4) is 11.5 Å². The summed E-state index contributed by atoms with van der Waals surface area (Å²) in [6.45, 7) is 11.1. The van der Waals surface area contributed by atoms with E-state index in [-0.39, 0.29) is 16.2 Å². The van der Waals surface area contributed by atoms with Gasteiger partial charge in [0.15, 0.2) is 0 Å². The molecule has 0 atom stereocenters. The Labute approximate surface area is 200 Å². The first kappa shape index (κ1) is 24.3. The van der Waals surface area contributed by atoms with Gasteiger partial charge in [0.1, 0.15) is 18.1 Å². The lowest BCUT2D eigenvalue weighted by Gasteiger charge is -2.19. The maximum absolute atomic E-state index is 12.2. The summed E-state index contributed by atoms with van der Waals surface area (Å²) in [4.78, 5) is 12.2. The molecule has 0 aromatic heterocycles. The lowest BCUT2D eigenvalue weighted by atomic mass is 9.87. The van der Waals surface area contributed by atoms with Gasteiger partial charge in [0, 0.05) is 5.56 Å². The summed E-state index contributed by atoms with van der Waals surface area (Å²) in [5.74, 6) is 0.348. The number of aryl methyl sites for hydroxylation is 2. The van der Waals surface area contributed by atoms with Crippen LogP contribution in [0.25, 0.3) is 0 Å². The summed E-state index contributed by atoms with van der Waals surface area (Å²) < 4.78 is 6.11. The molecule has 172 valence electrons. The summed E-state index contributed by atoms with van der Waals surface area (Å²) in [5.41, 5.74) is 8.12. The van der Waals surface area contributed by atoms with Crippen molar-refractivity contribution in [2.24, 2.45) is 5.10 Å². The smallest absolute Gasteiger partial charge is 0.271 e. The number of carbonyl (C=O) groups excluding carboxylic acids is 1. The van der Waals surface area contributed by atoms with Crippen LogP contribution in [0.3, 0.4) is 0 Å². The van der Waals surface area contributed by atoms with Crippen LogP contribution in [0.15, 0.2) is 59.7 Å². The topological polar surface area (TPSA) is 70.9 Å². The van der Waals surface area contributed by atoms with Crippen LogP contribution in [0.4, 0.5) is 0 Å². The first-order valence-electron chi connectivity index (χ1n) is 10.7. The van der Waals surface area contributed by atoms with Crippen LogP contribution in [0, 0.1) is 13.8 Å². The highest BCUT2D eigenvalue weighted by molar-refractivity contribution is 6.32. The van der Waals surface area contributed by atoms with Crippen LogP contribution >= 0.6 is 11.6 Å². The molecule has 3 rings (SSSR count). The van der Waals surface area contributed by atoms with Gasteiger partial charge in [-0.15, -0.1) is 0 Å². The van der Waals surface area contributed by atoms with E-state index in [1.54, 1.807) is 6.21 Å². The van der Waals surface area contributed by atoms with E-state index in [1.807, 2.05) is 26.0 Å². The fraction of sp³-hybridized carbons (Fsp3) is 0.259. The van der Waals surface area contributed by atoms with Gasteiger partial charge in [-0.3, -0.25) is 4.79 Å². The van der Waals surface area contributed by atoms with Gasteiger partial charge in [0.05, 0.1) is 11.2 Å². The molecule has 33 heavy (non-hydrogen) atoms. The SMILES string of the molecule is Cc1cc(/C=N/NC(=O)c2ccc(O)c(Cl)c2)cc(C)c1OCc1ccc(C(C)(C)C)cc1. The fourth-order valence-electron chi connectivity index (χ4n) is 3.42. The molecule has 0 aliphatic rings.